The Kier molecular flexibility index (Phi) is 11.7. The molecule has 0 aliphatic carbocycles. The van der Waals surface area contributed by atoms with Crippen LogP contribution < -0.4 is 4.52 Å². The highest BCUT2D eigenvalue weighted by Gasteiger charge is 2.27. The van der Waals surface area contributed by atoms with Crippen LogP contribution in [0, 0.1) is 0 Å². The molecule has 0 spiro atoms. The lowest BCUT2D eigenvalue weighted by Crippen LogP contribution is -2.04. The number of halogens is 1. The van der Waals surface area contributed by atoms with Crippen molar-refractivity contribution in [3.8, 4) is 5.88 Å². The molecule has 5 nitrogen and oxygen atoms in total. The minimum Gasteiger partial charge on any atom is -0.402 e. The maximum Gasteiger partial charge on any atom is 0.381 e. The Balaban J connectivity index is 2.97. The molecule has 0 N–H and O–H groups in total. The van der Waals surface area contributed by atoms with Gasteiger partial charge in [-0.2, -0.15) is 0 Å². The minimum atomic E-state index is -2.87. The largest absolute Gasteiger partial charge is 0.402 e. The molecule has 0 aliphatic rings. The summed E-state index contributed by atoms with van der Waals surface area (Å²) >= 11 is 13.7. The molecule has 146 valence electrons. The molecule has 0 atom stereocenters. The molecule has 1 aromatic rings. The van der Waals surface area contributed by atoms with E-state index in [1.54, 1.807) is 11.8 Å². The highest BCUT2D eigenvalue weighted by molar-refractivity contribution is 8.07. The standard InChI is InChI=1S/C16H30ClN2O3PS2/c1-5-9-10-11-12-19-16(25-13-6-2)14(17)15(18-19)22-23(24,20-7-3)21-8-4/h5-13H2,1-4H3. The number of hydrogen-bond acceptors (Lipinski definition) is 6. The van der Waals surface area contributed by atoms with Crippen molar-refractivity contribution in [1.82, 2.24) is 9.78 Å². The summed E-state index contributed by atoms with van der Waals surface area (Å²) in [6.45, 7) is 6.86. The molecule has 0 saturated carbocycles. The van der Waals surface area contributed by atoms with E-state index in [1.807, 2.05) is 18.5 Å². The first-order chi connectivity index (χ1) is 12.0. The third-order valence-corrected chi connectivity index (χ3v) is 7.42. The highest BCUT2D eigenvalue weighted by Crippen LogP contribution is 2.51. The summed E-state index contributed by atoms with van der Waals surface area (Å²) in [5.41, 5.74) is 0. The van der Waals surface area contributed by atoms with Crippen molar-refractivity contribution in [2.45, 2.75) is 71.4 Å². The van der Waals surface area contributed by atoms with Gasteiger partial charge in [0.05, 0.1) is 13.2 Å². The van der Waals surface area contributed by atoms with Gasteiger partial charge >= 0.3 is 6.72 Å². The third-order valence-electron chi connectivity index (χ3n) is 3.26. The Morgan fingerprint density at radius 3 is 2.32 bits per heavy atom. The van der Waals surface area contributed by atoms with Crippen molar-refractivity contribution in [2.24, 2.45) is 0 Å². The first-order valence-corrected chi connectivity index (χ1v) is 12.9. The summed E-state index contributed by atoms with van der Waals surface area (Å²) < 4.78 is 18.9. The third kappa shape index (κ3) is 7.77. The van der Waals surface area contributed by atoms with Gasteiger partial charge in [-0.15, -0.1) is 16.9 Å². The van der Waals surface area contributed by atoms with E-state index in [9.17, 15) is 0 Å². The molecule has 25 heavy (non-hydrogen) atoms. The smallest absolute Gasteiger partial charge is 0.381 e. The Morgan fingerprint density at radius 2 is 1.76 bits per heavy atom. The van der Waals surface area contributed by atoms with Crippen molar-refractivity contribution >= 4 is 41.9 Å². The number of aromatic nitrogens is 2. The van der Waals surface area contributed by atoms with Crippen LogP contribution in [0.1, 0.15) is 59.8 Å². The van der Waals surface area contributed by atoms with Crippen LogP contribution in [0.5, 0.6) is 5.88 Å². The van der Waals surface area contributed by atoms with E-state index < -0.39 is 6.72 Å². The predicted octanol–water partition coefficient (Wildman–Crippen LogP) is 6.30. The van der Waals surface area contributed by atoms with Crippen LogP contribution in [-0.2, 0) is 27.4 Å². The summed E-state index contributed by atoms with van der Waals surface area (Å²) in [6.07, 6.45) is 5.74. The summed E-state index contributed by atoms with van der Waals surface area (Å²) in [5.74, 6) is 1.30. The average Bonchev–Trinajstić information content (AvgIpc) is 2.85. The fourth-order valence-electron chi connectivity index (χ4n) is 2.15. The second kappa shape index (κ2) is 12.6. The zero-order valence-corrected chi connectivity index (χ0v) is 18.9. The minimum absolute atomic E-state index is 0.320. The van der Waals surface area contributed by atoms with Gasteiger partial charge in [-0.1, -0.05) is 44.7 Å². The predicted molar refractivity (Wildman–Crippen MR) is 111 cm³/mol. The lowest BCUT2D eigenvalue weighted by atomic mass is 10.2. The van der Waals surface area contributed by atoms with E-state index in [4.69, 9.17) is 37.0 Å². The number of unbranched alkanes of at least 4 members (excludes halogenated alkanes) is 3. The topological polar surface area (TPSA) is 45.5 Å². The van der Waals surface area contributed by atoms with Crippen LogP contribution >= 0.6 is 30.1 Å². The average molecular weight is 429 g/mol. The van der Waals surface area contributed by atoms with Crippen LogP contribution in [0.2, 0.25) is 5.02 Å². The molecule has 0 bridgehead atoms. The first-order valence-electron chi connectivity index (χ1n) is 8.99. The fourth-order valence-corrected chi connectivity index (χ4v) is 5.43. The van der Waals surface area contributed by atoms with E-state index in [0.717, 1.165) is 30.2 Å². The molecule has 0 unspecified atom stereocenters. The van der Waals surface area contributed by atoms with Gasteiger partial charge < -0.3 is 4.52 Å². The van der Waals surface area contributed by atoms with E-state index in [2.05, 4.69) is 18.9 Å². The second-order valence-corrected chi connectivity index (χ2v) is 9.83. The van der Waals surface area contributed by atoms with Gasteiger partial charge in [-0.3, -0.25) is 13.7 Å². The van der Waals surface area contributed by atoms with E-state index in [1.165, 1.54) is 19.3 Å². The van der Waals surface area contributed by atoms with Gasteiger partial charge in [0.25, 0.3) is 5.88 Å². The zero-order chi connectivity index (χ0) is 18.7. The lowest BCUT2D eigenvalue weighted by Gasteiger charge is -2.19. The van der Waals surface area contributed by atoms with Crippen LogP contribution in [-0.4, -0.2) is 28.7 Å². The summed E-state index contributed by atoms with van der Waals surface area (Å²) in [6, 6.07) is 0. The molecule has 0 aromatic carbocycles. The molecule has 9 heteroatoms. The van der Waals surface area contributed by atoms with Crippen molar-refractivity contribution in [1.29, 1.82) is 0 Å². The molecule has 1 heterocycles. The Morgan fingerprint density at radius 1 is 1.08 bits per heavy atom. The van der Waals surface area contributed by atoms with Crippen LogP contribution in [0.15, 0.2) is 5.03 Å². The van der Waals surface area contributed by atoms with Gasteiger partial charge in [0.15, 0.2) is 0 Å². The van der Waals surface area contributed by atoms with E-state index in [0.29, 0.717) is 24.1 Å². The van der Waals surface area contributed by atoms with Gasteiger partial charge in [0.2, 0.25) is 0 Å². The van der Waals surface area contributed by atoms with Gasteiger partial charge in [0.1, 0.15) is 10.0 Å². The van der Waals surface area contributed by atoms with Gasteiger partial charge in [0, 0.05) is 18.4 Å². The molecule has 1 aromatic heterocycles. The Bertz CT molecular complexity index is 548. The van der Waals surface area contributed by atoms with E-state index in [-0.39, 0.29) is 0 Å². The quantitative estimate of drug-likeness (QED) is 0.197. The summed E-state index contributed by atoms with van der Waals surface area (Å²) in [7, 11) is 0. The monoisotopic (exact) mass is 428 g/mol. The summed E-state index contributed by atoms with van der Waals surface area (Å²) in [4.78, 5) is 0. The van der Waals surface area contributed by atoms with Crippen LogP contribution in [0.4, 0.5) is 0 Å². The molecule has 1 rings (SSSR count). The first kappa shape index (κ1) is 23.3. The maximum atomic E-state index is 6.54. The molecular formula is C16H30ClN2O3PS2. The maximum absolute atomic E-state index is 6.54. The molecular weight excluding hydrogens is 399 g/mol. The zero-order valence-electron chi connectivity index (χ0n) is 15.6. The van der Waals surface area contributed by atoms with Crippen molar-refractivity contribution in [3.63, 3.8) is 0 Å². The Hall–Kier alpha value is 0.220. The number of aryl methyl sites for hydroxylation is 1. The number of hydrogen-bond donors (Lipinski definition) is 0. The SMILES string of the molecule is CCCCCCn1nc(OP(=S)(OCC)OCC)c(Cl)c1SCCC. The van der Waals surface area contributed by atoms with E-state index >= 15 is 0 Å². The van der Waals surface area contributed by atoms with Crippen LogP contribution in [0.25, 0.3) is 0 Å². The van der Waals surface area contributed by atoms with Gasteiger partial charge in [-0.25, -0.2) is 0 Å². The second-order valence-electron chi connectivity index (χ2n) is 5.43. The molecule has 0 amide bonds. The van der Waals surface area contributed by atoms with Crippen molar-refractivity contribution < 1.29 is 13.6 Å². The van der Waals surface area contributed by atoms with Crippen LogP contribution in [0.3, 0.4) is 0 Å². The molecule has 0 saturated heterocycles. The number of rotatable bonds is 14. The summed E-state index contributed by atoms with van der Waals surface area (Å²) in [5, 5.41) is 5.99. The molecule has 0 radical (unpaired) electrons. The highest BCUT2D eigenvalue weighted by atomic mass is 35.5. The number of nitrogens with zero attached hydrogens (tertiary/aromatic N) is 2. The molecule has 0 fully saturated rings. The normalized spacial score (nSPS) is 11.9. The lowest BCUT2D eigenvalue weighted by molar-refractivity contribution is 0.215. The van der Waals surface area contributed by atoms with Crippen molar-refractivity contribution in [2.75, 3.05) is 19.0 Å². The number of thioether (sulfide) groups is 1. The Labute approximate surface area is 166 Å². The van der Waals surface area contributed by atoms with Crippen molar-refractivity contribution in [3.05, 3.63) is 5.02 Å². The fraction of sp³-hybridized carbons (Fsp3) is 0.812. The van der Waals surface area contributed by atoms with Gasteiger partial charge in [-0.05, 0) is 32.4 Å². The molecule has 0 aliphatic heterocycles.